The Kier molecular flexibility index (Phi) is 2.59. The molecule has 0 bridgehead atoms. The Bertz CT molecular complexity index is 474. The fraction of sp³-hybridized carbons (Fsp3) is 0.143. The van der Waals surface area contributed by atoms with E-state index in [2.05, 4.69) is 59.0 Å². The van der Waals surface area contributed by atoms with Crippen LogP contribution in [-0.2, 0) is 6.61 Å². The fourth-order valence-corrected chi connectivity index (χ4v) is 3.18. The van der Waals surface area contributed by atoms with Crippen molar-refractivity contribution in [2.75, 3.05) is 0 Å². The van der Waals surface area contributed by atoms with Gasteiger partial charge in [-0.1, -0.05) is 65.1 Å². The number of rotatable bonds is 0. The monoisotopic (exact) mass is 322 g/mol. The lowest BCUT2D eigenvalue weighted by molar-refractivity contribution is 0.307. The van der Waals surface area contributed by atoms with Gasteiger partial charge >= 0.3 is 0 Å². The number of fused-ring (bicyclic) bond motifs is 2. The molecule has 0 fully saturated rings. The molecule has 0 aliphatic carbocycles. The van der Waals surface area contributed by atoms with Crippen LogP contribution in [0.1, 0.15) is 20.6 Å². The molecule has 0 N–H and O–H groups in total. The van der Waals surface area contributed by atoms with Gasteiger partial charge in [0.1, 0.15) is 12.4 Å². The molecule has 0 radical (unpaired) electrons. The predicted octanol–water partition coefficient (Wildman–Crippen LogP) is 4.10. The van der Waals surface area contributed by atoms with E-state index >= 15 is 0 Å². The van der Waals surface area contributed by atoms with Crippen molar-refractivity contribution < 1.29 is 4.74 Å². The third kappa shape index (κ3) is 1.61. The van der Waals surface area contributed by atoms with Crippen LogP contribution in [0.3, 0.4) is 0 Å². The SMILES string of the molecule is IC1c2ccccc2COc2ccccc21. The zero-order valence-corrected chi connectivity index (χ0v) is 10.8. The van der Waals surface area contributed by atoms with E-state index in [1.54, 1.807) is 0 Å². The van der Waals surface area contributed by atoms with E-state index in [0.29, 0.717) is 10.5 Å². The van der Waals surface area contributed by atoms with Crippen LogP contribution in [0.2, 0.25) is 0 Å². The number of benzene rings is 2. The molecule has 1 aliphatic heterocycles. The van der Waals surface area contributed by atoms with Crippen molar-refractivity contribution in [2.45, 2.75) is 10.5 Å². The highest BCUT2D eigenvalue weighted by Gasteiger charge is 2.21. The van der Waals surface area contributed by atoms with Crippen LogP contribution in [0.5, 0.6) is 5.75 Å². The maximum atomic E-state index is 5.84. The Morgan fingerprint density at radius 2 is 1.62 bits per heavy atom. The van der Waals surface area contributed by atoms with E-state index in [-0.39, 0.29) is 0 Å². The highest BCUT2D eigenvalue weighted by Crippen LogP contribution is 2.40. The fourth-order valence-electron chi connectivity index (χ4n) is 2.06. The second-order valence-electron chi connectivity index (χ2n) is 3.89. The van der Waals surface area contributed by atoms with Crippen molar-refractivity contribution in [3.8, 4) is 5.75 Å². The van der Waals surface area contributed by atoms with E-state index in [1.807, 2.05) is 12.1 Å². The van der Waals surface area contributed by atoms with E-state index in [9.17, 15) is 0 Å². The molecule has 1 nitrogen and oxygen atoms in total. The summed E-state index contributed by atoms with van der Waals surface area (Å²) in [4.78, 5) is 0. The van der Waals surface area contributed by atoms with Crippen LogP contribution < -0.4 is 4.74 Å². The van der Waals surface area contributed by atoms with Gasteiger partial charge in [-0.15, -0.1) is 0 Å². The molecule has 1 atom stereocenters. The van der Waals surface area contributed by atoms with Gasteiger partial charge in [-0.05, 0) is 17.2 Å². The third-order valence-electron chi connectivity index (χ3n) is 2.90. The minimum Gasteiger partial charge on any atom is -0.489 e. The molecule has 1 unspecified atom stereocenters. The topological polar surface area (TPSA) is 9.23 Å². The van der Waals surface area contributed by atoms with Crippen molar-refractivity contribution >= 4 is 22.6 Å². The lowest BCUT2D eigenvalue weighted by Gasteiger charge is -2.11. The summed E-state index contributed by atoms with van der Waals surface area (Å²) in [7, 11) is 0. The molecule has 2 aromatic carbocycles. The molecule has 0 amide bonds. The Morgan fingerprint density at radius 3 is 2.50 bits per heavy atom. The summed E-state index contributed by atoms with van der Waals surface area (Å²) < 4.78 is 6.22. The Hall–Kier alpha value is -1.03. The third-order valence-corrected chi connectivity index (χ3v) is 4.25. The minimum absolute atomic E-state index is 0.382. The lowest BCUT2D eigenvalue weighted by atomic mass is 10.0. The van der Waals surface area contributed by atoms with Gasteiger partial charge in [0.2, 0.25) is 0 Å². The maximum absolute atomic E-state index is 5.84. The van der Waals surface area contributed by atoms with Crippen LogP contribution in [0.15, 0.2) is 48.5 Å². The molecule has 80 valence electrons. The summed E-state index contributed by atoms with van der Waals surface area (Å²) in [6, 6.07) is 16.8. The number of alkyl halides is 1. The summed E-state index contributed by atoms with van der Waals surface area (Å²) in [5, 5.41) is 0. The zero-order valence-electron chi connectivity index (χ0n) is 8.69. The Balaban J connectivity index is 2.18. The van der Waals surface area contributed by atoms with Gasteiger partial charge in [0.25, 0.3) is 0 Å². The molecular weight excluding hydrogens is 311 g/mol. The first-order valence-electron chi connectivity index (χ1n) is 5.30. The summed E-state index contributed by atoms with van der Waals surface area (Å²) in [6.07, 6.45) is 0. The van der Waals surface area contributed by atoms with Crippen molar-refractivity contribution in [2.24, 2.45) is 0 Å². The average Bonchev–Trinajstić information content (AvgIpc) is 2.49. The van der Waals surface area contributed by atoms with Gasteiger partial charge in [-0.2, -0.15) is 0 Å². The Labute approximate surface area is 109 Å². The summed E-state index contributed by atoms with van der Waals surface area (Å²) in [5.74, 6) is 1.01. The largest absolute Gasteiger partial charge is 0.489 e. The summed E-state index contributed by atoms with van der Waals surface area (Å²) in [5.41, 5.74) is 3.93. The summed E-state index contributed by atoms with van der Waals surface area (Å²) in [6.45, 7) is 0.673. The number of halogens is 1. The Morgan fingerprint density at radius 1 is 0.938 bits per heavy atom. The predicted molar refractivity (Wildman–Crippen MR) is 73.1 cm³/mol. The second kappa shape index (κ2) is 4.09. The molecule has 3 rings (SSSR count). The standard InChI is InChI=1S/C14H11IO/c15-14-11-6-2-1-5-10(11)9-16-13-8-4-3-7-12(13)14/h1-8,14H,9H2. The van der Waals surface area contributed by atoms with Gasteiger partial charge in [-0.3, -0.25) is 0 Å². The molecule has 0 spiro atoms. The second-order valence-corrected chi connectivity index (χ2v) is 5.13. The first kappa shape index (κ1) is 10.1. The molecule has 0 saturated heterocycles. The number of hydrogen-bond acceptors (Lipinski definition) is 1. The van der Waals surface area contributed by atoms with Crippen molar-refractivity contribution in [1.29, 1.82) is 0 Å². The smallest absolute Gasteiger partial charge is 0.124 e. The molecule has 2 heteroatoms. The van der Waals surface area contributed by atoms with E-state index in [0.717, 1.165) is 5.75 Å². The van der Waals surface area contributed by atoms with Gasteiger partial charge < -0.3 is 4.74 Å². The average molecular weight is 322 g/mol. The van der Waals surface area contributed by atoms with E-state index in [1.165, 1.54) is 16.7 Å². The zero-order chi connectivity index (χ0) is 11.0. The van der Waals surface area contributed by atoms with Crippen molar-refractivity contribution in [3.63, 3.8) is 0 Å². The molecule has 16 heavy (non-hydrogen) atoms. The van der Waals surface area contributed by atoms with Gasteiger partial charge in [0.15, 0.2) is 0 Å². The molecule has 1 heterocycles. The van der Waals surface area contributed by atoms with Crippen LogP contribution in [0.25, 0.3) is 0 Å². The summed E-state index contributed by atoms with van der Waals surface area (Å²) >= 11 is 2.48. The van der Waals surface area contributed by atoms with Crippen molar-refractivity contribution in [1.82, 2.24) is 0 Å². The molecule has 1 aliphatic rings. The van der Waals surface area contributed by atoms with Crippen LogP contribution in [0, 0.1) is 0 Å². The van der Waals surface area contributed by atoms with Crippen LogP contribution >= 0.6 is 22.6 Å². The first-order valence-corrected chi connectivity index (χ1v) is 6.54. The molecular formula is C14H11IO. The first-order chi connectivity index (χ1) is 7.86. The molecule has 0 aromatic heterocycles. The van der Waals surface area contributed by atoms with Gasteiger partial charge in [0.05, 0.1) is 3.92 Å². The van der Waals surface area contributed by atoms with E-state index < -0.39 is 0 Å². The van der Waals surface area contributed by atoms with Gasteiger partial charge in [0, 0.05) is 5.56 Å². The van der Waals surface area contributed by atoms with E-state index in [4.69, 9.17) is 4.74 Å². The van der Waals surface area contributed by atoms with Crippen molar-refractivity contribution in [3.05, 3.63) is 65.2 Å². The molecule has 0 saturated carbocycles. The highest BCUT2D eigenvalue weighted by atomic mass is 127. The van der Waals surface area contributed by atoms with Gasteiger partial charge in [-0.25, -0.2) is 0 Å². The van der Waals surface area contributed by atoms with Crippen LogP contribution in [0.4, 0.5) is 0 Å². The maximum Gasteiger partial charge on any atom is 0.124 e. The highest BCUT2D eigenvalue weighted by molar-refractivity contribution is 14.1. The normalized spacial score (nSPS) is 17.9. The van der Waals surface area contributed by atoms with Crippen LogP contribution in [-0.4, -0.2) is 0 Å². The molecule has 2 aromatic rings. The number of ether oxygens (including phenoxy) is 1. The quantitative estimate of drug-likeness (QED) is 0.524. The minimum atomic E-state index is 0.382. The number of hydrogen-bond donors (Lipinski definition) is 0. The lowest BCUT2D eigenvalue weighted by Crippen LogP contribution is -1.95. The number of para-hydroxylation sites is 1.